The topological polar surface area (TPSA) is 122 Å². The Bertz CT molecular complexity index is 1520. The number of carbonyl (C=O) groups is 4. The molecular weight excluding hydrogens is 580 g/mol. The summed E-state index contributed by atoms with van der Waals surface area (Å²) >= 11 is 0. The predicted molar refractivity (Wildman–Crippen MR) is 168 cm³/mol. The number of aromatic nitrogens is 2. The van der Waals surface area contributed by atoms with Crippen LogP contribution in [0.5, 0.6) is 0 Å². The molecule has 2 aromatic heterocycles. The number of benzene rings is 2. The molecule has 2 heterocycles. The molecular formula is C33H40N4O8. The van der Waals surface area contributed by atoms with Crippen LogP contribution < -0.4 is 0 Å². The Morgan fingerprint density at radius 2 is 1.00 bits per heavy atom. The molecule has 240 valence electrons. The summed E-state index contributed by atoms with van der Waals surface area (Å²) in [5.41, 5.74) is 3.44. The van der Waals surface area contributed by atoms with Crippen molar-refractivity contribution in [2.75, 3.05) is 54.9 Å². The van der Waals surface area contributed by atoms with Crippen molar-refractivity contribution in [1.82, 2.24) is 18.9 Å². The molecule has 0 saturated heterocycles. The first-order chi connectivity index (χ1) is 21.6. The van der Waals surface area contributed by atoms with E-state index in [9.17, 15) is 19.2 Å². The van der Waals surface area contributed by atoms with Crippen molar-refractivity contribution in [2.45, 2.75) is 32.1 Å². The molecule has 12 nitrogen and oxygen atoms in total. The maximum Gasteiger partial charge on any atom is 0.421 e. The normalized spacial score (nSPS) is 11.3. The molecule has 2 aromatic carbocycles. The average Bonchev–Trinajstić information content (AvgIpc) is 3.58. The molecule has 0 amide bonds. The zero-order valence-corrected chi connectivity index (χ0v) is 26.2. The second-order valence-corrected chi connectivity index (χ2v) is 11.1. The Hall–Kier alpha value is -4.68. The molecule has 12 heteroatoms. The number of likely N-dealkylation sites (N-methyl/N-ethyl adjacent to an activating group) is 2. The number of hydrogen-bond acceptors (Lipinski definition) is 10. The van der Waals surface area contributed by atoms with E-state index in [-0.39, 0.29) is 19.3 Å². The van der Waals surface area contributed by atoms with Crippen LogP contribution in [0.1, 0.15) is 30.4 Å². The number of rotatable bonds is 14. The molecule has 4 aromatic rings. The third-order valence-electron chi connectivity index (χ3n) is 7.21. The number of para-hydroxylation sites is 2. The fourth-order valence-corrected chi connectivity index (χ4v) is 4.84. The summed E-state index contributed by atoms with van der Waals surface area (Å²) < 4.78 is 23.2. The highest BCUT2D eigenvalue weighted by Crippen LogP contribution is 2.23. The van der Waals surface area contributed by atoms with E-state index < -0.39 is 37.7 Å². The second kappa shape index (κ2) is 15.9. The molecule has 0 saturated carbocycles. The lowest BCUT2D eigenvalue weighted by Crippen LogP contribution is -2.18. The molecule has 4 rings (SSSR count). The molecule has 0 N–H and O–H groups in total. The van der Waals surface area contributed by atoms with Gasteiger partial charge in [-0.05, 0) is 70.7 Å². The molecule has 0 aliphatic carbocycles. The Balaban J connectivity index is 1.15. The molecule has 0 atom stereocenters. The van der Waals surface area contributed by atoms with E-state index >= 15 is 0 Å². The Labute approximate surface area is 262 Å². The summed E-state index contributed by atoms with van der Waals surface area (Å²) in [5.74, 6) is -1.26. The van der Waals surface area contributed by atoms with E-state index in [1.165, 1.54) is 9.13 Å². The number of ether oxygens (including phenoxy) is 4. The Kier molecular flexibility index (Phi) is 11.7. The van der Waals surface area contributed by atoms with Crippen LogP contribution in [0, 0.1) is 0 Å². The van der Waals surface area contributed by atoms with Crippen LogP contribution in [0.4, 0.5) is 9.59 Å². The third kappa shape index (κ3) is 9.16. The standard InChI is InChI=1S/C33H40N4O8/c1-34(2)18-16-24-20-36(28-12-7-5-10-26(24)28)32(40)44-22-42-30(38)14-9-15-31(39)43-23-45-33(41)37-21-25(17-19-35(3)4)27-11-6-8-13-29(27)37/h5-8,10-13,20-21H,9,14-19,22-23H2,1-4H3. The first-order valence-corrected chi connectivity index (χ1v) is 14.8. The summed E-state index contributed by atoms with van der Waals surface area (Å²) in [4.78, 5) is 53.7. The van der Waals surface area contributed by atoms with E-state index in [2.05, 4.69) is 9.80 Å². The summed E-state index contributed by atoms with van der Waals surface area (Å²) in [6.45, 7) is 0.538. The maximum atomic E-state index is 12.7. The van der Waals surface area contributed by atoms with Gasteiger partial charge in [-0.3, -0.25) is 18.7 Å². The fourth-order valence-electron chi connectivity index (χ4n) is 4.84. The van der Waals surface area contributed by atoms with E-state index in [0.29, 0.717) is 11.0 Å². The van der Waals surface area contributed by atoms with E-state index in [1.54, 1.807) is 12.4 Å². The monoisotopic (exact) mass is 620 g/mol. The quantitative estimate of drug-likeness (QED) is 0.146. The van der Waals surface area contributed by atoms with Gasteiger partial charge < -0.3 is 28.7 Å². The highest BCUT2D eigenvalue weighted by Gasteiger charge is 2.17. The van der Waals surface area contributed by atoms with E-state index in [4.69, 9.17) is 18.9 Å². The van der Waals surface area contributed by atoms with Gasteiger partial charge >= 0.3 is 24.1 Å². The van der Waals surface area contributed by atoms with Gasteiger partial charge in [0.2, 0.25) is 13.6 Å². The molecule has 0 bridgehead atoms. The number of carbonyl (C=O) groups excluding carboxylic acids is 4. The van der Waals surface area contributed by atoms with Gasteiger partial charge in [-0.1, -0.05) is 36.4 Å². The molecule has 0 radical (unpaired) electrons. The summed E-state index contributed by atoms with van der Waals surface area (Å²) in [6.07, 6.45) is 3.66. The summed E-state index contributed by atoms with van der Waals surface area (Å²) in [5, 5.41) is 1.91. The van der Waals surface area contributed by atoms with Gasteiger partial charge in [0.25, 0.3) is 0 Å². The van der Waals surface area contributed by atoms with Crippen molar-refractivity contribution in [3.63, 3.8) is 0 Å². The smallest absolute Gasteiger partial charge is 0.421 e. The summed E-state index contributed by atoms with van der Waals surface area (Å²) in [6, 6.07) is 15.1. The van der Waals surface area contributed by atoms with Crippen molar-refractivity contribution >= 4 is 45.9 Å². The molecule has 0 aliphatic heterocycles. The lowest BCUT2D eigenvalue weighted by Gasteiger charge is -2.09. The van der Waals surface area contributed by atoms with Gasteiger partial charge in [-0.15, -0.1) is 0 Å². The SMILES string of the molecule is CN(C)CCc1cn(C(=O)OCOC(=O)CCCC(=O)OCOC(=O)n2cc(CCN(C)C)c3ccccc32)c2ccccc12. The Morgan fingerprint density at radius 3 is 1.40 bits per heavy atom. The van der Waals surface area contributed by atoms with Crippen LogP contribution in [0.2, 0.25) is 0 Å². The van der Waals surface area contributed by atoms with Crippen LogP contribution >= 0.6 is 0 Å². The highest BCUT2D eigenvalue weighted by molar-refractivity contribution is 5.93. The largest absolute Gasteiger partial charge is 0.428 e. The van der Waals surface area contributed by atoms with Gasteiger partial charge in [0.05, 0.1) is 11.0 Å². The highest BCUT2D eigenvalue weighted by atomic mass is 16.7. The minimum absolute atomic E-state index is 0.0847. The molecule has 0 fully saturated rings. The van der Waals surface area contributed by atoms with Crippen molar-refractivity contribution in [2.24, 2.45) is 0 Å². The number of hydrogen-bond donors (Lipinski definition) is 0. The maximum absolute atomic E-state index is 12.7. The van der Waals surface area contributed by atoms with Crippen LogP contribution in [0.25, 0.3) is 21.8 Å². The van der Waals surface area contributed by atoms with Crippen molar-refractivity contribution < 1.29 is 38.1 Å². The first-order valence-electron chi connectivity index (χ1n) is 14.8. The van der Waals surface area contributed by atoms with E-state index in [0.717, 1.165) is 47.8 Å². The van der Waals surface area contributed by atoms with Crippen LogP contribution in [0.3, 0.4) is 0 Å². The van der Waals surface area contributed by atoms with E-state index in [1.807, 2.05) is 76.7 Å². The van der Waals surface area contributed by atoms with Gasteiger partial charge in [0.15, 0.2) is 0 Å². The van der Waals surface area contributed by atoms with Gasteiger partial charge in [-0.25, -0.2) is 9.59 Å². The number of esters is 2. The zero-order chi connectivity index (χ0) is 32.3. The average molecular weight is 621 g/mol. The van der Waals surface area contributed by atoms with Crippen molar-refractivity contribution in [3.8, 4) is 0 Å². The lowest BCUT2D eigenvalue weighted by atomic mass is 10.1. The third-order valence-corrected chi connectivity index (χ3v) is 7.21. The van der Waals surface area contributed by atoms with Crippen LogP contribution in [-0.4, -0.2) is 97.9 Å². The second-order valence-electron chi connectivity index (χ2n) is 11.1. The predicted octanol–water partition coefficient (Wildman–Crippen LogP) is 4.65. The van der Waals surface area contributed by atoms with Crippen molar-refractivity contribution in [1.29, 1.82) is 0 Å². The van der Waals surface area contributed by atoms with Crippen LogP contribution in [0.15, 0.2) is 60.9 Å². The number of fused-ring (bicyclic) bond motifs is 2. The van der Waals surface area contributed by atoms with Crippen molar-refractivity contribution in [3.05, 3.63) is 72.1 Å². The van der Waals surface area contributed by atoms with Gasteiger partial charge in [0, 0.05) is 49.1 Å². The first kappa shape index (κ1) is 33.2. The van der Waals surface area contributed by atoms with Gasteiger partial charge in [-0.2, -0.15) is 0 Å². The summed E-state index contributed by atoms with van der Waals surface area (Å²) in [7, 11) is 7.93. The molecule has 0 spiro atoms. The molecule has 0 unspecified atom stereocenters. The fraction of sp³-hybridized carbons (Fsp3) is 0.394. The Morgan fingerprint density at radius 1 is 0.600 bits per heavy atom. The molecule has 0 aliphatic rings. The van der Waals surface area contributed by atoms with Crippen LogP contribution in [-0.2, 0) is 41.4 Å². The number of nitrogens with zero attached hydrogens (tertiary/aromatic N) is 4. The zero-order valence-electron chi connectivity index (χ0n) is 26.2. The minimum atomic E-state index is -0.661. The van der Waals surface area contributed by atoms with Gasteiger partial charge in [0.1, 0.15) is 0 Å². The molecule has 45 heavy (non-hydrogen) atoms. The lowest BCUT2D eigenvalue weighted by molar-refractivity contribution is -0.153. The minimum Gasteiger partial charge on any atom is -0.428 e.